The number of pyridine rings is 1. The summed E-state index contributed by atoms with van der Waals surface area (Å²) < 4.78 is 4.72. The van der Waals surface area contributed by atoms with Crippen molar-refractivity contribution < 1.29 is 9.53 Å². The third kappa shape index (κ3) is 1.73. The highest BCUT2D eigenvalue weighted by molar-refractivity contribution is 7.71. The summed E-state index contributed by atoms with van der Waals surface area (Å²) in [6, 6.07) is 3.30. The molecule has 13 heavy (non-hydrogen) atoms. The van der Waals surface area contributed by atoms with Gasteiger partial charge in [-0.3, -0.25) is 0 Å². The van der Waals surface area contributed by atoms with E-state index in [1.807, 2.05) is 6.07 Å². The van der Waals surface area contributed by atoms with E-state index in [4.69, 9.17) is 17.5 Å². The summed E-state index contributed by atoms with van der Waals surface area (Å²) in [7, 11) is 1.25. The second-order valence-corrected chi connectivity index (χ2v) is 2.61. The molecule has 0 aromatic carbocycles. The molecule has 0 aliphatic heterocycles. The highest BCUT2D eigenvalue weighted by Gasteiger charge is 2.11. The van der Waals surface area contributed by atoms with Crippen molar-refractivity contribution in [2.24, 2.45) is 0 Å². The molecule has 0 spiro atoms. The lowest BCUT2D eigenvalue weighted by Crippen LogP contribution is -2.04. The Hall–Kier alpha value is -1.67. The van der Waals surface area contributed by atoms with Crippen LogP contribution in [0.25, 0.3) is 0 Å². The molecule has 1 aromatic rings. The SMILES string of the molecule is COC(=O)c1cc[nH]c(=S)c1C#N. The number of ether oxygens (including phenoxy) is 1. The highest BCUT2D eigenvalue weighted by Crippen LogP contribution is 2.08. The van der Waals surface area contributed by atoms with E-state index >= 15 is 0 Å². The Morgan fingerprint density at radius 2 is 2.46 bits per heavy atom. The van der Waals surface area contributed by atoms with E-state index in [9.17, 15) is 4.79 Å². The molecule has 1 rings (SSSR count). The fourth-order valence-corrected chi connectivity index (χ4v) is 1.09. The van der Waals surface area contributed by atoms with Gasteiger partial charge in [0.2, 0.25) is 0 Å². The summed E-state index contributed by atoms with van der Waals surface area (Å²) >= 11 is 4.82. The number of aromatic amines is 1. The lowest BCUT2D eigenvalue weighted by molar-refractivity contribution is 0.0600. The number of nitrogens with one attached hydrogen (secondary N) is 1. The van der Waals surface area contributed by atoms with Crippen LogP contribution in [0.5, 0.6) is 0 Å². The van der Waals surface area contributed by atoms with E-state index in [1.54, 1.807) is 0 Å². The van der Waals surface area contributed by atoms with Crippen LogP contribution in [0.1, 0.15) is 15.9 Å². The third-order valence-corrected chi connectivity index (χ3v) is 1.80. The largest absolute Gasteiger partial charge is 0.465 e. The van der Waals surface area contributed by atoms with Crippen LogP contribution in [0.4, 0.5) is 0 Å². The average molecular weight is 194 g/mol. The summed E-state index contributed by atoms with van der Waals surface area (Å²) in [5.74, 6) is -0.559. The van der Waals surface area contributed by atoms with Crippen molar-refractivity contribution in [3.63, 3.8) is 0 Å². The number of nitrogens with zero attached hydrogens (tertiary/aromatic N) is 1. The second kappa shape index (κ2) is 3.83. The van der Waals surface area contributed by atoms with E-state index in [2.05, 4.69) is 9.72 Å². The minimum Gasteiger partial charge on any atom is -0.465 e. The zero-order chi connectivity index (χ0) is 9.84. The molecule has 0 atom stereocenters. The van der Waals surface area contributed by atoms with Gasteiger partial charge in [-0.15, -0.1) is 0 Å². The maximum absolute atomic E-state index is 11.1. The molecule has 0 aliphatic carbocycles. The first kappa shape index (κ1) is 9.42. The molecule has 66 valence electrons. The normalized spacial score (nSPS) is 8.92. The van der Waals surface area contributed by atoms with Crippen molar-refractivity contribution in [3.05, 3.63) is 28.0 Å². The molecule has 0 aliphatic rings. The first-order valence-electron chi connectivity index (χ1n) is 3.40. The first-order valence-corrected chi connectivity index (χ1v) is 3.81. The lowest BCUT2D eigenvalue weighted by Gasteiger charge is -2.00. The Labute approximate surface area is 79.8 Å². The molecule has 0 amide bonds. The van der Waals surface area contributed by atoms with E-state index < -0.39 is 5.97 Å². The minimum absolute atomic E-state index is 0.143. The van der Waals surface area contributed by atoms with Crippen LogP contribution in [-0.2, 0) is 4.74 Å². The molecule has 0 radical (unpaired) electrons. The Morgan fingerprint density at radius 1 is 1.77 bits per heavy atom. The summed E-state index contributed by atoms with van der Waals surface area (Å²) in [4.78, 5) is 13.8. The number of methoxy groups -OCH3 is 1. The number of rotatable bonds is 1. The monoisotopic (exact) mass is 194 g/mol. The number of esters is 1. The zero-order valence-corrected chi connectivity index (χ0v) is 7.64. The molecule has 0 fully saturated rings. The van der Waals surface area contributed by atoms with Crippen LogP contribution in [0.15, 0.2) is 12.3 Å². The summed E-state index contributed by atoms with van der Waals surface area (Å²) in [6.45, 7) is 0. The minimum atomic E-state index is -0.559. The number of hydrogen-bond acceptors (Lipinski definition) is 4. The van der Waals surface area contributed by atoms with Gasteiger partial charge in [-0.1, -0.05) is 12.2 Å². The van der Waals surface area contributed by atoms with Crippen LogP contribution < -0.4 is 0 Å². The van der Waals surface area contributed by atoms with Gasteiger partial charge >= 0.3 is 5.97 Å². The van der Waals surface area contributed by atoms with Gasteiger partial charge in [-0.05, 0) is 6.07 Å². The van der Waals surface area contributed by atoms with Crippen LogP contribution in [0.3, 0.4) is 0 Å². The Bertz CT molecular complexity index is 431. The summed E-state index contributed by atoms with van der Waals surface area (Å²) in [5, 5.41) is 8.70. The topological polar surface area (TPSA) is 65.9 Å². The number of H-pyrrole nitrogens is 1. The van der Waals surface area contributed by atoms with Crippen molar-refractivity contribution in [1.29, 1.82) is 5.26 Å². The maximum atomic E-state index is 11.1. The third-order valence-electron chi connectivity index (χ3n) is 1.48. The van der Waals surface area contributed by atoms with Gasteiger partial charge in [0.25, 0.3) is 0 Å². The average Bonchev–Trinajstić information content (AvgIpc) is 2.16. The van der Waals surface area contributed by atoms with Crippen molar-refractivity contribution in [2.75, 3.05) is 7.11 Å². The number of nitriles is 1. The molecule has 0 saturated heterocycles. The van der Waals surface area contributed by atoms with Crippen molar-refractivity contribution in [1.82, 2.24) is 4.98 Å². The van der Waals surface area contributed by atoms with Gasteiger partial charge in [-0.2, -0.15) is 5.26 Å². The molecule has 4 nitrogen and oxygen atoms in total. The van der Waals surface area contributed by atoms with Crippen LogP contribution in [0.2, 0.25) is 0 Å². The predicted octanol–water partition coefficient (Wildman–Crippen LogP) is 1.40. The van der Waals surface area contributed by atoms with Gasteiger partial charge in [0.05, 0.1) is 12.7 Å². The molecule has 0 saturated carbocycles. The Morgan fingerprint density at radius 3 is 3.00 bits per heavy atom. The van der Waals surface area contributed by atoms with Crippen molar-refractivity contribution in [2.45, 2.75) is 0 Å². The smallest absolute Gasteiger partial charge is 0.339 e. The second-order valence-electron chi connectivity index (χ2n) is 2.20. The number of hydrogen-bond donors (Lipinski definition) is 1. The van der Waals surface area contributed by atoms with Gasteiger partial charge in [0, 0.05) is 6.20 Å². The fraction of sp³-hybridized carbons (Fsp3) is 0.125. The van der Waals surface area contributed by atoms with E-state index in [0.29, 0.717) is 0 Å². The molecular weight excluding hydrogens is 188 g/mol. The van der Waals surface area contributed by atoms with Crippen molar-refractivity contribution in [3.8, 4) is 6.07 Å². The quantitative estimate of drug-likeness (QED) is 0.542. The predicted molar refractivity (Wildman–Crippen MR) is 47.7 cm³/mol. The summed E-state index contributed by atoms with van der Waals surface area (Å²) in [5.41, 5.74) is 0.332. The molecule has 1 aromatic heterocycles. The van der Waals surface area contributed by atoms with E-state index in [-0.39, 0.29) is 15.8 Å². The van der Waals surface area contributed by atoms with Crippen LogP contribution in [0, 0.1) is 16.0 Å². The summed E-state index contributed by atoms with van der Waals surface area (Å²) in [6.07, 6.45) is 1.50. The molecule has 0 unspecified atom stereocenters. The fourth-order valence-electron chi connectivity index (χ4n) is 0.870. The van der Waals surface area contributed by atoms with Gasteiger partial charge < -0.3 is 9.72 Å². The number of aromatic nitrogens is 1. The lowest BCUT2D eigenvalue weighted by atomic mass is 10.1. The first-order chi connectivity index (χ1) is 6.20. The molecule has 1 N–H and O–H groups in total. The van der Waals surface area contributed by atoms with E-state index in [0.717, 1.165) is 0 Å². The molecular formula is C8H6N2O2S. The number of carbonyl (C=O) groups excluding carboxylic acids is 1. The van der Waals surface area contributed by atoms with Gasteiger partial charge in [0.15, 0.2) is 0 Å². The molecule has 0 bridgehead atoms. The Kier molecular flexibility index (Phi) is 2.77. The standard InChI is InChI=1S/C8H6N2O2S/c1-12-8(11)5-2-3-10-7(13)6(5)4-9/h2-3H,1H3,(H,10,13). The van der Waals surface area contributed by atoms with Crippen LogP contribution in [-0.4, -0.2) is 18.1 Å². The zero-order valence-electron chi connectivity index (χ0n) is 6.83. The Balaban J connectivity index is 3.39. The molecule has 1 heterocycles. The highest BCUT2D eigenvalue weighted by atomic mass is 32.1. The molecule has 5 heteroatoms. The van der Waals surface area contributed by atoms with Gasteiger partial charge in [0.1, 0.15) is 16.3 Å². The maximum Gasteiger partial charge on any atom is 0.339 e. The van der Waals surface area contributed by atoms with Crippen molar-refractivity contribution >= 4 is 18.2 Å². The number of carbonyl (C=O) groups is 1. The van der Waals surface area contributed by atoms with Gasteiger partial charge in [-0.25, -0.2) is 4.79 Å². The van der Waals surface area contributed by atoms with E-state index in [1.165, 1.54) is 19.4 Å². The van der Waals surface area contributed by atoms with Crippen LogP contribution >= 0.6 is 12.2 Å².